The smallest absolute Gasteiger partial charge is 0.131 e. The molecule has 0 saturated heterocycles. The lowest BCUT2D eigenvalue weighted by molar-refractivity contribution is 0.138. The summed E-state index contributed by atoms with van der Waals surface area (Å²) < 4.78 is 0. The van der Waals surface area contributed by atoms with Gasteiger partial charge in [-0.1, -0.05) is 6.42 Å². The Morgan fingerprint density at radius 2 is 2.00 bits per heavy atom. The van der Waals surface area contributed by atoms with Crippen molar-refractivity contribution in [3.63, 3.8) is 0 Å². The Balaban J connectivity index is 1.95. The maximum absolute atomic E-state index is 9.78. The Kier molecular flexibility index (Phi) is 4.36. The van der Waals surface area contributed by atoms with Gasteiger partial charge in [-0.15, -0.1) is 0 Å². The van der Waals surface area contributed by atoms with Gasteiger partial charge in [-0.25, -0.2) is 9.97 Å². The van der Waals surface area contributed by atoms with E-state index in [2.05, 4.69) is 20.6 Å². The molecule has 1 aromatic rings. The minimum atomic E-state index is -0.159. The third-order valence-corrected chi connectivity index (χ3v) is 3.36. The summed E-state index contributed by atoms with van der Waals surface area (Å²) in [6.07, 6.45) is 2.99. The molecule has 0 amide bonds. The zero-order valence-electron chi connectivity index (χ0n) is 11.1. The van der Waals surface area contributed by atoms with E-state index in [1.165, 1.54) is 0 Å². The first-order valence-corrected chi connectivity index (χ1v) is 6.70. The monoisotopic (exact) mass is 250 g/mol. The molecule has 1 aliphatic carbocycles. The van der Waals surface area contributed by atoms with Crippen LogP contribution in [0.4, 0.5) is 11.6 Å². The molecule has 3 N–H and O–H groups in total. The van der Waals surface area contributed by atoms with Crippen molar-refractivity contribution in [1.29, 1.82) is 0 Å². The van der Waals surface area contributed by atoms with Crippen LogP contribution in [0.5, 0.6) is 0 Å². The average Bonchev–Trinajstić information content (AvgIpc) is 2.72. The minimum absolute atomic E-state index is 0.159. The minimum Gasteiger partial charge on any atom is -0.393 e. The summed E-state index contributed by atoms with van der Waals surface area (Å²) in [5, 5.41) is 16.3. The van der Waals surface area contributed by atoms with Crippen LogP contribution in [0.1, 0.15) is 32.0 Å². The van der Waals surface area contributed by atoms with Gasteiger partial charge in [-0.3, -0.25) is 0 Å². The number of hydrogen-bond acceptors (Lipinski definition) is 5. The van der Waals surface area contributed by atoms with Gasteiger partial charge in [0, 0.05) is 25.1 Å². The molecule has 5 heteroatoms. The number of hydrogen-bond donors (Lipinski definition) is 3. The fraction of sp³-hybridized carbons (Fsp3) is 0.692. The van der Waals surface area contributed by atoms with E-state index >= 15 is 0 Å². The first-order valence-electron chi connectivity index (χ1n) is 6.70. The molecule has 1 aliphatic rings. The van der Waals surface area contributed by atoms with Gasteiger partial charge < -0.3 is 15.7 Å². The number of aliphatic hydroxyl groups is 1. The molecule has 5 nitrogen and oxygen atoms in total. The Hall–Kier alpha value is -1.36. The predicted molar refractivity (Wildman–Crippen MR) is 72.8 cm³/mol. The summed E-state index contributed by atoms with van der Waals surface area (Å²) >= 11 is 0. The van der Waals surface area contributed by atoms with Crippen LogP contribution in [0, 0.1) is 12.8 Å². The highest BCUT2D eigenvalue weighted by Crippen LogP contribution is 2.25. The number of nitrogens with one attached hydrogen (secondary N) is 2. The fourth-order valence-electron chi connectivity index (χ4n) is 2.42. The van der Waals surface area contributed by atoms with Crippen LogP contribution in [0.3, 0.4) is 0 Å². The molecule has 0 radical (unpaired) electrons. The molecule has 2 atom stereocenters. The van der Waals surface area contributed by atoms with Gasteiger partial charge in [-0.05, 0) is 26.7 Å². The van der Waals surface area contributed by atoms with Crippen LogP contribution in [0.2, 0.25) is 0 Å². The second-order valence-electron chi connectivity index (χ2n) is 4.86. The molecule has 2 unspecified atom stereocenters. The van der Waals surface area contributed by atoms with Gasteiger partial charge in [0.25, 0.3) is 0 Å². The molecule has 2 rings (SSSR count). The SMILES string of the molecule is CCNc1cc(NCC2CCCC2O)nc(C)n1. The van der Waals surface area contributed by atoms with Crippen molar-refractivity contribution in [2.75, 3.05) is 23.7 Å². The highest BCUT2D eigenvalue weighted by Gasteiger charge is 2.24. The molecule has 0 aromatic carbocycles. The summed E-state index contributed by atoms with van der Waals surface area (Å²) in [6, 6.07) is 1.91. The van der Waals surface area contributed by atoms with Gasteiger partial charge in [0.1, 0.15) is 17.5 Å². The van der Waals surface area contributed by atoms with Gasteiger partial charge in [0.2, 0.25) is 0 Å². The maximum atomic E-state index is 9.78. The lowest BCUT2D eigenvalue weighted by Gasteiger charge is -2.16. The second-order valence-corrected chi connectivity index (χ2v) is 4.86. The van der Waals surface area contributed by atoms with Crippen LogP contribution in [0.25, 0.3) is 0 Å². The van der Waals surface area contributed by atoms with Gasteiger partial charge in [0.05, 0.1) is 6.10 Å². The van der Waals surface area contributed by atoms with E-state index < -0.39 is 0 Å². The lowest BCUT2D eigenvalue weighted by Crippen LogP contribution is -2.22. The molecule has 1 aromatic heterocycles. The third kappa shape index (κ3) is 3.32. The summed E-state index contributed by atoms with van der Waals surface area (Å²) in [7, 11) is 0. The first-order chi connectivity index (χ1) is 8.69. The number of aryl methyl sites for hydroxylation is 1. The molecular formula is C13H22N4O. The standard InChI is InChI=1S/C13H22N4O/c1-3-14-12-7-13(17-9(2)16-12)15-8-10-5-4-6-11(10)18/h7,10-11,18H,3-6,8H2,1-2H3,(H2,14,15,16,17). The summed E-state index contributed by atoms with van der Waals surface area (Å²) in [4.78, 5) is 8.66. The van der Waals surface area contributed by atoms with E-state index in [1.54, 1.807) is 0 Å². The van der Waals surface area contributed by atoms with E-state index in [4.69, 9.17) is 0 Å². The normalized spacial score (nSPS) is 23.1. The highest BCUT2D eigenvalue weighted by molar-refractivity contribution is 5.47. The molecule has 100 valence electrons. The molecule has 0 bridgehead atoms. The van der Waals surface area contributed by atoms with E-state index in [1.807, 2.05) is 19.9 Å². The van der Waals surface area contributed by atoms with Crippen molar-refractivity contribution in [3.8, 4) is 0 Å². The van der Waals surface area contributed by atoms with Gasteiger partial charge in [0.15, 0.2) is 0 Å². The van der Waals surface area contributed by atoms with Gasteiger partial charge >= 0.3 is 0 Å². The van der Waals surface area contributed by atoms with Crippen LogP contribution < -0.4 is 10.6 Å². The van der Waals surface area contributed by atoms with E-state index in [-0.39, 0.29) is 6.10 Å². The molecule has 0 aliphatic heterocycles. The average molecular weight is 250 g/mol. The highest BCUT2D eigenvalue weighted by atomic mass is 16.3. The van der Waals surface area contributed by atoms with Crippen molar-refractivity contribution >= 4 is 11.6 Å². The summed E-state index contributed by atoms with van der Waals surface area (Å²) in [5.74, 6) is 2.78. The lowest BCUT2D eigenvalue weighted by atomic mass is 10.1. The fourth-order valence-corrected chi connectivity index (χ4v) is 2.42. The number of nitrogens with zero attached hydrogens (tertiary/aromatic N) is 2. The Morgan fingerprint density at radius 1 is 1.28 bits per heavy atom. The predicted octanol–water partition coefficient (Wildman–Crippen LogP) is 1.79. The van der Waals surface area contributed by atoms with Crippen molar-refractivity contribution in [1.82, 2.24) is 9.97 Å². The van der Waals surface area contributed by atoms with Crippen LogP contribution in [0.15, 0.2) is 6.07 Å². The Labute approximate surface area is 108 Å². The van der Waals surface area contributed by atoms with Crippen molar-refractivity contribution < 1.29 is 5.11 Å². The number of anilines is 2. The maximum Gasteiger partial charge on any atom is 0.131 e. The zero-order chi connectivity index (χ0) is 13.0. The first kappa shape index (κ1) is 13.1. The zero-order valence-corrected chi connectivity index (χ0v) is 11.1. The molecule has 0 spiro atoms. The van der Waals surface area contributed by atoms with Crippen molar-refractivity contribution in [2.45, 2.75) is 39.2 Å². The Bertz CT molecular complexity index is 397. The van der Waals surface area contributed by atoms with Crippen LogP contribution in [-0.2, 0) is 0 Å². The molecule has 1 fully saturated rings. The molecular weight excluding hydrogens is 228 g/mol. The van der Waals surface area contributed by atoms with Gasteiger partial charge in [-0.2, -0.15) is 0 Å². The quantitative estimate of drug-likeness (QED) is 0.743. The molecule has 1 heterocycles. The third-order valence-electron chi connectivity index (χ3n) is 3.36. The molecule has 18 heavy (non-hydrogen) atoms. The number of aromatic nitrogens is 2. The topological polar surface area (TPSA) is 70.1 Å². The number of rotatable bonds is 5. The van der Waals surface area contributed by atoms with Crippen molar-refractivity contribution in [3.05, 3.63) is 11.9 Å². The van der Waals surface area contributed by atoms with Crippen molar-refractivity contribution in [2.24, 2.45) is 5.92 Å². The Morgan fingerprint density at radius 3 is 2.61 bits per heavy atom. The molecule has 1 saturated carbocycles. The van der Waals surface area contributed by atoms with E-state index in [0.717, 1.165) is 49.8 Å². The van der Waals surface area contributed by atoms with E-state index in [0.29, 0.717) is 5.92 Å². The summed E-state index contributed by atoms with van der Waals surface area (Å²) in [6.45, 7) is 5.55. The largest absolute Gasteiger partial charge is 0.393 e. The second kappa shape index (κ2) is 6.00. The summed E-state index contributed by atoms with van der Waals surface area (Å²) in [5.41, 5.74) is 0. The van der Waals surface area contributed by atoms with E-state index in [9.17, 15) is 5.11 Å². The number of aliphatic hydroxyl groups excluding tert-OH is 1. The van der Waals surface area contributed by atoms with Crippen LogP contribution in [-0.4, -0.2) is 34.3 Å². The van der Waals surface area contributed by atoms with Crippen LogP contribution >= 0.6 is 0 Å².